The van der Waals surface area contributed by atoms with Crippen molar-refractivity contribution in [3.63, 3.8) is 0 Å². The lowest BCUT2D eigenvalue weighted by Crippen LogP contribution is -2.44. The molecule has 766 valence electrons. The van der Waals surface area contributed by atoms with Gasteiger partial charge in [-0.05, 0) is 128 Å². The van der Waals surface area contributed by atoms with Crippen molar-refractivity contribution in [1.29, 1.82) is 0 Å². The number of morpholine rings is 1. The molecule has 37 nitrogen and oxygen atoms in total. The number of nitrogens with one attached hydrogen (secondary N) is 10. The van der Waals surface area contributed by atoms with Gasteiger partial charge in [-0.25, -0.2) is 49.8 Å². The first kappa shape index (κ1) is 101. The molecule has 22 rings (SSSR count). The highest BCUT2D eigenvalue weighted by molar-refractivity contribution is 6.01. The summed E-state index contributed by atoms with van der Waals surface area (Å²) in [5, 5.41) is 49.8. The molecule has 2 saturated heterocycles. The quantitative estimate of drug-likeness (QED) is 0.0379. The van der Waals surface area contributed by atoms with E-state index in [0.717, 1.165) is 87.1 Å². The molecule has 0 radical (unpaired) electrons. The highest BCUT2D eigenvalue weighted by Gasteiger charge is 2.41. The molecule has 10 aromatic heterocycles. The Kier molecular flexibility index (Phi) is 29.2. The number of alkyl halides is 15. The average molecular weight is 2050 g/mol. The predicted octanol–water partition coefficient (Wildman–Crippen LogP) is 19.5. The van der Waals surface area contributed by atoms with E-state index in [1.807, 2.05) is 36.4 Å². The number of nitrogens with zero attached hydrogens (tertiary/aromatic N) is 23. The van der Waals surface area contributed by atoms with Gasteiger partial charge < -0.3 is 60.2 Å². The lowest BCUT2D eigenvalue weighted by Gasteiger charge is -2.34. The van der Waals surface area contributed by atoms with Crippen LogP contribution >= 0.6 is 0 Å². The SMILES string of the molecule is Cc1nc(Nc2nc(-c3ccccc3C(F)(F)F)nc3c(N4CCN(C)CC4)cccc23)n[nH]1.Cc1nc(Nc2nc(-c3ccccc3C(F)(F)F)nc3c(N4CCOCC4)cccc23)n[nH]1.Cc1nc(Nc2nc(-c3ccccc3C(F)(F)F)nc3c2OCC3)n[nH]1.Cc1nc(Nc2nc(-c3ccccc3C(F)(F)F)nc3c2OCCC3)n[nH]1.Cc1nc(Nc2nc(-c3ccccc3C(F)(F)F)nc3c2OCCCC3)n[nH]1. The standard InChI is InChI=1S/C23H23F3N8.C22H20F3N7O.C18H17F3N6O.C17H15F3N6O.C16H13F3N6O/c1-14-27-22(32-31-14)30-21-16-7-5-9-18(34-12-10-33(2)11-13-34)19(16)28-20(29-21)15-6-3-4-8-17(15)23(24,25)26;1-13-26-21(31-30-13)29-20-15-6-4-8-17(32-9-11-33-12-10-32)18(15)27-19(28-20)14-5-2-3-7-16(14)22(23,24)25;1-10-22-17(27-26-10)25-16-14-13(8-4-5-9-28-14)23-15(24-16)11-6-2-3-7-12(11)18(19,20)21;1-9-21-16(26-25-9)24-15-13-12(7-4-8-27-13)22-14(23-15)10-5-2-3-6-11(10)17(18,19)20;1-8-20-15(25-24-8)23-14-12-11(6-7-26-12)21-13(22-14)9-4-2-3-5-10(9)16(17,18)19/h3-9H,10-13H2,1-2H3,(H2,27,28,29,30,31,32);2-8H,9-12H2,1H3,(H2,26,27,28,29,30,31);2-3,6-7H,4-5,8-9H2,1H3,(H2,22,23,24,25,26,27);2-3,5-6H,4,7-8H2,1H3,(H2,21,22,23,24,25,26);2-5H,6-7H2,1H3,(H2,20,21,22,23,24,25). The fourth-order valence-corrected chi connectivity index (χ4v) is 16.5. The van der Waals surface area contributed by atoms with Gasteiger partial charge in [-0.1, -0.05) is 103 Å². The third-order valence-electron chi connectivity index (χ3n) is 23.4. The maximum atomic E-state index is 13.8. The normalized spacial score (nSPS) is 14.3. The number of anilines is 12. The smallest absolute Gasteiger partial charge is 0.417 e. The first-order valence-electron chi connectivity index (χ1n) is 46.1. The predicted molar refractivity (Wildman–Crippen MR) is 514 cm³/mol. The number of aromatic nitrogens is 25. The monoisotopic (exact) mass is 2050 g/mol. The van der Waals surface area contributed by atoms with E-state index in [4.69, 9.17) is 18.9 Å². The van der Waals surface area contributed by atoms with Crippen molar-refractivity contribution < 1.29 is 84.8 Å². The van der Waals surface area contributed by atoms with Gasteiger partial charge in [0, 0.05) is 84.3 Å². The van der Waals surface area contributed by atoms with Crippen molar-refractivity contribution in [3.8, 4) is 74.2 Å². The maximum absolute atomic E-state index is 13.8. The van der Waals surface area contributed by atoms with Gasteiger partial charge in [0.05, 0.1) is 100 Å². The van der Waals surface area contributed by atoms with Gasteiger partial charge in [-0.15, -0.1) is 25.5 Å². The summed E-state index contributed by atoms with van der Waals surface area (Å²) in [6.45, 7) is 15.8. The summed E-state index contributed by atoms with van der Waals surface area (Å²) < 4.78 is 226. The summed E-state index contributed by atoms with van der Waals surface area (Å²) in [4.78, 5) is 71.6. The molecule has 7 aromatic carbocycles. The molecule has 0 spiro atoms. The minimum atomic E-state index is -4.55. The van der Waals surface area contributed by atoms with E-state index >= 15 is 0 Å². The number of hydrogen-bond donors (Lipinski definition) is 10. The Balaban J connectivity index is 0.000000121. The van der Waals surface area contributed by atoms with Gasteiger partial charge in [0.15, 0.2) is 63.8 Å². The summed E-state index contributed by atoms with van der Waals surface area (Å²) >= 11 is 0. The van der Waals surface area contributed by atoms with Crippen molar-refractivity contribution in [1.82, 2.24) is 131 Å². The Labute approximate surface area is 829 Å². The van der Waals surface area contributed by atoms with Gasteiger partial charge in [0.25, 0.3) is 0 Å². The second-order valence-corrected chi connectivity index (χ2v) is 34.0. The van der Waals surface area contributed by atoms with E-state index in [1.54, 1.807) is 40.7 Å². The zero-order valence-corrected chi connectivity index (χ0v) is 79.1. The van der Waals surface area contributed by atoms with Crippen LogP contribution in [0.15, 0.2) is 158 Å². The van der Waals surface area contributed by atoms with Crippen molar-refractivity contribution in [2.45, 2.75) is 104 Å². The Morgan fingerprint density at radius 3 is 0.865 bits per heavy atom. The molecule has 15 heterocycles. The second kappa shape index (κ2) is 42.8. The number of fused-ring (bicyclic) bond motifs is 5. The first-order chi connectivity index (χ1) is 70.9. The number of H-pyrrole nitrogens is 5. The number of aromatic amines is 5. The van der Waals surface area contributed by atoms with Crippen LogP contribution in [0.5, 0.6) is 17.2 Å². The lowest BCUT2D eigenvalue weighted by molar-refractivity contribution is -0.137. The molecule has 0 bridgehead atoms. The zero-order valence-electron chi connectivity index (χ0n) is 79.1. The molecule has 148 heavy (non-hydrogen) atoms. The maximum Gasteiger partial charge on any atom is 0.417 e. The zero-order chi connectivity index (χ0) is 104. The van der Waals surface area contributed by atoms with E-state index in [0.29, 0.717) is 162 Å². The first-order valence-corrected chi connectivity index (χ1v) is 46.1. The molecule has 17 aromatic rings. The molecule has 0 atom stereocenters. The van der Waals surface area contributed by atoms with Crippen LogP contribution in [-0.4, -0.2) is 210 Å². The molecule has 0 amide bonds. The van der Waals surface area contributed by atoms with Crippen LogP contribution in [0.3, 0.4) is 0 Å². The number of para-hydroxylation sites is 2. The number of rotatable bonds is 17. The van der Waals surface area contributed by atoms with Crippen LogP contribution in [0, 0.1) is 34.6 Å². The summed E-state index contributed by atoms with van der Waals surface area (Å²) in [5.41, 5.74) is 0.0214. The number of piperazine rings is 1. The fourth-order valence-electron chi connectivity index (χ4n) is 16.5. The highest BCUT2D eigenvalue weighted by atomic mass is 19.4. The molecule has 0 unspecified atom stereocenters. The van der Waals surface area contributed by atoms with Crippen LogP contribution in [0.25, 0.3) is 78.7 Å². The van der Waals surface area contributed by atoms with Crippen LogP contribution in [0.4, 0.5) is 136 Å². The van der Waals surface area contributed by atoms with Crippen LogP contribution in [-0.2, 0) is 54.9 Å². The Morgan fingerprint density at radius 2 is 0.547 bits per heavy atom. The molecule has 5 aliphatic rings. The number of hydrogen-bond acceptors (Lipinski definition) is 32. The van der Waals surface area contributed by atoms with Crippen LogP contribution < -0.4 is 50.6 Å². The van der Waals surface area contributed by atoms with Gasteiger partial charge in [-0.2, -0.15) is 90.8 Å². The number of halogens is 15. The molecule has 10 N–H and O–H groups in total. The van der Waals surface area contributed by atoms with Crippen molar-refractivity contribution in [2.75, 3.05) is 116 Å². The molecular weight excluding hydrogens is 1960 g/mol. The highest BCUT2D eigenvalue weighted by Crippen LogP contribution is 2.47. The largest absolute Gasteiger partial charge is 0.488 e. The topological polar surface area (TPSA) is 444 Å². The van der Waals surface area contributed by atoms with E-state index < -0.39 is 58.7 Å². The van der Waals surface area contributed by atoms with E-state index in [2.05, 4.69) is 174 Å². The minimum absolute atomic E-state index is 0.0169. The fraction of sp³-hybridized carbons (Fsp3) is 0.292. The Hall–Kier alpha value is -17.0. The lowest BCUT2D eigenvalue weighted by atomic mass is 10.1. The molecule has 0 aliphatic carbocycles. The van der Waals surface area contributed by atoms with Crippen molar-refractivity contribution in [2.24, 2.45) is 0 Å². The Bertz CT molecular complexity index is 7620. The van der Waals surface area contributed by atoms with E-state index in [9.17, 15) is 65.9 Å². The molecule has 52 heteroatoms. The number of likely N-dealkylation sites (N-methyl/N-ethyl adjacent to an activating group) is 1. The van der Waals surface area contributed by atoms with Crippen LogP contribution in [0.2, 0.25) is 0 Å². The third-order valence-corrected chi connectivity index (χ3v) is 23.4. The van der Waals surface area contributed by atoms with Gasteiger partial charge in [0.2, 0.25) is 29.7 Å². The number of benzene rings is 7. The van der Waals surface area contributed by atoms with Crippen LogP contribution in [0.1, 0.15) is 93.3 Å². The summed E-state index contributed by atoms with van der Waals surface area (Å²) in [7, 11) is 2.07. The molecular formula is C96H88F15N33O4. The number of ether oxygens (including phenoxy) is 4. The Morgan fingerprint density at radius 1 is 0.270 bits per heavy atom. The molecule has 5 aliphatic heterocycles. The average Bonchev–Trinajstić information content (AvgIpc) is 0.951. The van der Waals surface area contributed by atoms with Crippen molar-refractivity contribution in [3.05, 3.63) is 232 Å². The second-order valence-electron chi connectivity index (χ2n) is 34.0. The molecule has 2 fully saturated rings. The van der Waals surface area contributed by atoms with Gasteiger partial charge in [-0.3, -0.25) is 25.5 Å². The van der Waals surface area contributed by atoms with E-state index in [1.165, 1.54) is 84.9 Å². The van der Waals surface area contributed by atoms with E-state index in [-0.39, 0.29) is 104 Å². The van der Waals surface area contributed by atoms with Gasteiger partial charge in [0.1, 0.15) is 40.8 Å². The summed E-state index contributed by atoms with van der Waals surface area (Å²) in [5.74, 6) is 6.73. The van der Waals surface area contributed by atoms with Crippen molar-refractivity contribution >= 4 is 92.0 Å². The third kappa shape index (κ3) is 23.5. The van der Waals surface area contributed by atoms with Gasteiger partial charge >= 0.3 is 30.9 Å². The number of aryl methyl sites for hydroxylation is 7. The molecule has 0 saturated carbocycles. The summed E-state index contributed by atoms with van der Waals surface area (Å²) in [6, 6.07) is 37.6. The summed E-state index contributed by atoms with van der Waals surface area (Å²) in [6.07, 6.45) is -18.6. The minimum Gasteiger partial charge on any atom is -0.488 e.